The molecule has 8 nitrogen and oxygen atoms in total. The van der Waals surface area contributed by atoms with Crippen LogP contribution < -0.4 is 15.7 Å². The number of hydrogen-bond acceptors (Lipinski definition) is 7. The average molecular weight is 425 g/mol. The standard InChI is InChI=1S/C22H27FN6O2/c1-13-7-16(29(21(30)31)22(2,3)4)12-28(11-13)19-9-18(26-20(25)27-19)14-5-6-15(10-24)17(23)8-14/h5-6,8-9,13,16H,7,11-12H2,1-4H3,(H,30,31)(H2,25,26,27)/p-1/t13-,16-/m1/s1. The molecule has 0 bridgehead atoms. The monoisotopic (exact) mass is 425 g/mol. The summed E-state index contributed by atoms with van der Waals surface area (Å²) in [5, 5.41) is 20.8. The van der Waals surface area contributed by atoms with Gasteiger partial charge in [-0.2, -0.15) is 10.2 Å². The first-order chi connectivity index (χ1) is 14.5. The van der Waals surface area contributed by atoms with Crippen LogP contribution in [0.15, 0.2) is 24.3 Å². The second-order valence-electron chi connectivity index (χ2n) is 8.98. The van der Waals surface area contributed by atoms with Crippen LogP contribution in [0.25, 0.3) is 11.3 Å². The van der Waals surface area contributed by atoms with Crippen LogP contribution in [-0.2, 0) is 0 Å². The van der Waals surface area contributed by atoms with Gasteiger partial charge in [-0.05, 0) is 45.2 Å². The van der Waals surface area contributed by atoms with Crippen molar-refractivity contribution in [2.45, 2.75) is 45.7 Å². The van der Waals surface area contributed by atoms with E-state index in [1.165, 1.54) is 17.0 Å². The highest BCUT2D eigenvalue weighted by Crippen LogP contribution is 2.31. The lowest BCUT2D eigenvalue weighted by Crippen LogP contribution is -2.61. The first-order valence-corrected chi connectivity index (χ1v) is 10.1. The lowest BCUT2D eigenvalue weighted by Gasteiger charge is -2.49. The SMILES string of the molecule is C[C@@H]1C[C@@H](N(C(=O)[O-])C(C)(C)C)CN(c2cc(-c3ccc(C#N)c(F)c3)nc(N)n2)C1. The number of hydrogen-bond donors (Lipinski definition) is 1. The molecule has 2 N–H and O–H groups in total. The maximum absolute atomic E-state index is 14.1. The maximum atomic E-state index is 14.1. The zero-order valence-electron chi connectivity index (χ0n) is 18.1. The molecule has 1 aliphatic heterocycles. The molecule has 3 rings (SSSR count). The van der Waals surface area contributed by atoms with Gasteiger partial charge in [0.1, 0.15) is 23.8 Å². The predicted molar refractivity (Wildman–Crippen MR) is 113 cm³/mol. The Hall–Kier alpha value is -3.41. The molecule has 31 heavy (non-hydrogen) atoms. The number of halogens is 1. The Balaban J connectivity index is 1.96. The van der Waals surface area contributed by atoms with E-state index in [0.29, 0.717) is 36.6 Å². The molecule has 0 saturated carbocycles. The molecule has 1 aromatic carbocycles. The zero-order valence-corrected chi connectivity index (χ0v) is 18.1. The van der Waals surface area contributed by atoms with Crippen molar-refractivity contribution in [3.8, 4) is 17.3 Å². The molecule has 164 valence electrons. The van der Waals surface area contributed by atoms with Gasteiger partial charge in [0.2, 0.25) is 5.95 Å². The van der Waals surface area contributed by atoms with Crippen LogP contribution >= 0.6 is 0 Å². The van der Waals surface area contributed by atoms with Gasteiger partial charge >= 0.3 is 0 Å². The van der Waals surface area contributed by atoms with Crippen LogP contribution in [0.3, 0.4) is 0 Å². The Labute approximate surface area is 181 Å². The van der Waals surface area contributed by atoms with Crippen molar-refractivity contribution in [2.24, 2.45) is 5.92 Å². The fraction of sp³-hybridized carbons (Fsp3) is 0.455. The summed E-state index contributed by atoms with van der Waals surface area (Å²) in [5.41, 5.74) is 6.17. The lowest BCUT2D eigenvalue weighted by molar-refractivity contribution is -0.273. The number of piperidine rings is 1. The highest BCUT2D eigenvalue weighted by Gasteiger charge is 2.35. The number of carbonyl (C=O) groups excluding carboxylic acids is 1. The average Bonchev–Trinajstić information content (AvgIpc) is 2.65. The smallest absolute Gasteiger partial charge is 0.222 e. The Kier molecular flexibility index (Phi) is 6.02. The number of benzene rings is 1. The van der Waals surface area contributed by atoms with Gasteiger partial charge in [-0.15, -0.1) is 0 Å². The number of nitrogens with two attached hydrogens (primary N) is 1. The van der Waals surface area contributed by atoms with Gasteiger partial charge in [0, 0.05) is 36.3 Å². The van der Waals surface area contributed by atoms with Gasteiger partial charge in [0.25, 0.3) is 0 Å². The summed E-state index contributed by atoms with van der Waals surface area (Å²) in [4.78, 5) is 23.8. The summed E-state index contributed by atoms with van der Waals surface area (Å²) in [7, 11) is 0. The fourth-order valence-corrected chi connectivity index (χ4v) is 4.19. The third kappa shape index (κ3) is 4.85. The normalized spacial score (nSPS) is 19.0. The summed E-state index contributed by atoms with van der Waals surface area (Å²) < 4.78 is 14.1. The van der Waals surface area contributed by atoms with E-state index in [2.05, 4.69) is 16.9 Å². The van der Waals surface area contributed by atoms with Crippen LogP contribution in [0.5, 0.6) is 0 Å². The van der Waals surface area contributed by atoms with Gasteiger partial charge in [0.05, 0.1) is 11.3 Å². The number of nitrogen functional groups attached to an aromatic ring is 1. The molecule has 0 radical (unpaired) electrons. The summed E-state index contributed by atoms with van der Waals surface area (Å²) in [6, 6.07) is 7.45. The van der Waals surface area contributed by atoms with E-state index in [1.807, 2.05) is 25.7 Å². The number of carbonyl (C=O) groups is 1. The minimum absolute atomic E-state index is 0.0274. The molecule has 1 fully saturated rings. The molecule has 0 spiro atoms. The topological polar surface area (TPSA) is 122 Å². The highest BCUT2D eigenvalue weighted by atomic mass is 19.1. The first kappa shape index (κ1) is 22.3. The third-order valence-electron chi connectivity index (χ3n) is 5.36. The van der Waals surface area contributed by atoms with Crippen LogP contribution in [-0.4, -0.2) is 45.6 Å². The molecule has 1 saturated heterocycles. The van der Waals surface area contributed by atoms with Crippen LogP contribution in [0.4, 0.5) is 21.0 Å². The number of amides is 1. The van der Waals surface area contributed by atoms with Gasteiger partial charge in [-0.25, -0.2) is 9.37 Å². The number of anilines is 2. The van der Waals surface area contributed by atoms with E-state index in [-0.39, 0.29) is 23.5 Å². The van der Waals surface area contributed by atoms with Gasteiger partial charge < -0.3 is 25.4 Å². The zero-order chi connectivity index (χ0) is 22.9. The lowest BCUT2D eigenvalue weighted by atomic mass is 9.92. The number of nitriles is 1. The van der Waals surface area contributed by atoms with Crippen molar-refractivity contribution in [1.82, 2.24) is 14.9 Å². The van der Waals surface area contributed by atoms with Crippen molar-refractivity contribution < 1.29 is 14.3 Å². The molecular weight excluding hydrogens is 399 g/mol. The van der Waals surface area contributed by atoms with E-state index in [0.717, 1.165) is 0 Å². The van der Waals surface area contributed by atoms with Gasteiger partial charge in [0.15, 0.2) is 0 Å². The van der Waals surface area contributed by atoms with E-state index in [4.69, 9.17) is 11.0 Å². The number of carboxylic acid groups (broad SMARTS) is 1. The Bertz CT molecular complexity index is 1030. The summed E-state index contributed by atoms with van der Waals surface area (Å²) >= 11 is 0. The van der Waals surface area contributed by atoms with Crippen molar-refractivity contribution in [2.75, 3.05) is 23.7 Å². The Morgan fingerprint density at radius 3 is 2.61 bits per heavy atom. The minimum atomic E-state index is -1.21. The first-order valence-electron chi connectivity index (χ1n) is 10.1. The van der Waals surface area contributed by atoms with E-state index < -0.39 is 17.4 Å². The molecule has 0 unspecified atom stereocenters. The van der Waals surface area contributed by atoms with Crippen LogP contribution in [0.2, 0.25) is 0 Å². The van der Waals surface area contributed by atoms with E-state index in [9.17, 15) is 14.3 Å². The highest BCUT2D eigenvalue weighted by molar-refractivity contribution is 5.66. The molecular formula is C22H26FN6O2-. The Morgan fingerprint density at radius 1 is 1.32 bits per heavy atom. The van der Waals surface area contributed by atoms with Gasteiger partial charge in [-0.1, -0.05) is 13.0 Å². The number of rotatable bonds is 3. The van der Waals surface area contributed by atoms with Crippen LogP contribution in [0, 0.1) is 23.1 Å². The summed E-state index contributed by atoms with van der Waals surface area (Å²) in [6.07, 6.45) is -0.502. The van der Waals surface area contributed by atoms with Crippen molar-refractivity contribution in [3.05, 3.63) is 35.6 Å². The van der Waals surface area contributed by atoms with E-state index in [1.54, 1.807) is 18.2 Å². The molecule has 1 aliphatic rings. The predicted octanol–water partition coefficient (Wildman–Crippen LogP) is 2.40. The number of aromatic nitrogens is 2. The van der Waals surface area contributed by atoms with Gasteiger partial charge in [-0.3, -0.25) is 0 Å². The maximum Gasteiger partial charge on any atom is 0.222 e. The van der Waals surface area contributed by atoms with Crippen molar-refractivity contribution in [3.63, 3.8) is 0 Å². The Morgan fingerprint density at radius 2 is 2.03 bits per heavy atom. The summed E-state index contributed by atoms with van der Waals surface area (Å²) in [6.45, 7) is 8.66. The largest absolute Gasteiger partial charge is 0.530 e. The molecule has 2 aromatic rings. The molecule has 9 heteroatoms. The number of nitrogens with zero attached hydrogens (tertiary/aromatic N) is 5. The summed E-state index contributed by atoms with van der Waals surface area (Å²) in [5.74, 6) is 0.130. The molecule has 1 aromatic heterocycles. The van der Waals surface area contributed by atoms with Crippen molar-refractivity contribution in [1.29, 1.82) is 5.26 Å². The second kappa shape index (κ2) is 8.38. The molecule has 1 amide bonds. The quantitative estimate of drug-likeness (QED) is 0.801. The second-order valence-corrected chi connectivity index (χ2v) is 8.98. The molecule has 0 aliphatic carbocycles. The minimum Gasteiger partial charge on any atom is -0.530 e. The molecule has 2 heterocycles. The van der Waals surface area contributed by atoms with Crippen LogP contribution in [0.1, 0.15) is 39.7 Å². The molecule has 2 atom stereocenters. The van der Waals surface area contributed by atoms with E-state index >= 15 is 0 Å². The third-order valence-corrected chi connectivity index (χ3v) is 5.36. The fourth-order valence-electron chi connectivity index (χ4n) is 4.19. The van der Waals surface area contributed by atoms with Crippen molar-refractivity contribution >= 4 is 17.9 Å².